The third-order valence-corrected chi connectivity index (χ3v) is 3.26. The number of rotatable bonds is 5. The number of nitrogens with zero attached hydrogens (tertiary/aromatic N) is 2. The molecule has 26 heavy (non-hydrogen) atoms. The normalized spacial score (nSPS) is 11.2. The van der Waals surface area contributed by atoms with E-state index in [9.17, 15) is 18.0 Å². The van der Waals surface area contributed by atoms with E-state index in [1.54, 1.807) is 24.3 Å². The van der Waals surface area contributed by atoms with Crippen LogP contribution in [0.4, 0.5) is 18.9 Å². The maximum Gasteiger partial charge on any atom is 0.418 e. The molecule has 0 fully saturated rings. The van der Waals surface area contributed by atoms with Crippen molar-refractivity contribution in [3.8, 4) is 17.5 Å². The Morgan fingerprint density at radius 1 is 1.04 bits per heavy atom. The van der Waals surface area contributed by atoms with Gasteiger partial charge in [0, 0.05) is 5.56 Å². The van der Waals surface area contributed by atoms with Crippen LogP contribution < -0.4 is 10.1 Å². The number of nitrogens with one attached hydrogen (secondary N) is 1. The van der Waals surface area contributed by atoms with Gasteiger partial charge in [0.15, 0.2) is 6.61 Å². The quantitative estimate of drug-likeness (QED) is 0.747. The van der Waals surface area contributed by atoms with Crippen LogP contribution in [0.15, 0.2) is 59.0 Å². The monoisotopic (exact) mass is 363 g/mol. The van der Waals surface area contributed by atoms with E-state index >= 15 is 0 Å². The first kappa shape index (κ1) is 17.5. The molecule has 1 heterocycles. The van der Waals surface area contributed by atoms with Crippen LogP contribution >= 0.6 is 0 Å². The zero-order valence-corrected chi connectivity index (χ0v) is 13.2. The zero-order chi connectivity index (χ0) is 18.6. The molecule has 0 bridgehead atoms. The summed E-state index contributed by atoms with van der Waals surface area (Å²) in [5.41, 5.74) is -0.639. The third kappa shape index (κ3) is 4.18. The van der Waals surface area contributed by atoms with E-state index in [1.165, 1.54) is 12.1 Å². The molecule has 1 amide bonds. The Bertz CT molecular complexity index is 895. The SMILES string of the molecule is O=C(COc1nnc(-c2ccccc2)o1)Nc1ccccc1C(F)(F)F. The van der Waals surface area contributed by atoms with Crippen molar-refractivity contribution >= 4 is 11.6 Å². The van der Waals surface area contributed by atoms with Gasteiger partial charge in [0.1, 0.15) is 0 Å². The van der Waals surface area contributed by atoms with Gasteiger partial charge in [-0.1, -0.05) is 35.4 Å². The number of benzene rings is 2. The Balaban J connectivity index is 1.61. The molecule has 9 heteroatoms. The molecule has 0 atom stereocenters. The average Bonchev–Trinajstić information content (AvgIpc) is 3.09. The first-order valence-electron chi connectivity index (χ1n) is 7.41. The summed E-state index contributed by atoms with van der Waals surface area (Å²) in [5, 5.41) is 9.55. The fraction of sp³-hybridized carbons (Fsp3) is 0.118. The summed E-state index contributed by atoms with van der Waals surface area (Å²) in [6.45, 7) is -0.581. The van der Waals surface area contributed by atoms with Crippen LogP contribution in [0.5, 0.6) is 6.08 Å². The van der Waals surface area contributed by atoms with Crippen molar-refractivity contribution < 1.29 is 27.1 Å². The number of amides is 1. The third-order valence-electron chi connectivity index (χ3n) is 3.26. The molecule has 0 saturated carbocycles. The molecule has 0 radical (unpaired) electrons. The Morgan fingerprint density at radius 2 is 1.73 bits per heavy atom. The number of carbonyl (C=O) groups is 1. The van der Waals surface area contributed by atoms with E-state index in [4.69, 9.17) is 9.15 Å². The number of ether oxygens (including phenoxy) is 1. The first-order valence-corrected chi connectivity index (χ1v) is 7.41. The molecule has 3 aromatic rings. The standard InChI is InChI=1S/C17H12F3N3O3/c18-17(19,20)12-8-4-5-9-13(12)21-14(24)10-25-16-23-22-15(26-16)11-6-2-1-3-7-11/h1-9H,10H2,(H,21,24). The molecular weight excluding hydrogens is 351 g/mol. The molecule has 1 aromatic heterocycles. The largest absolute Gasteiger partial charge is 0.439 e. The minimum absolute atomic E-state index is 0.198. The van der Waals surface area contributed by atoms with Gasteiger partial charge < -0.3 is 14.5 Å². The summed E-state index contributed by atoms with van der Waals surface area (Å²) >= 11 is 0. The van der Waals surface area contributed by atoms with E-state index < -0.39 is 24.3 Å². The fourth-order valence-corrected chi connectivity index (χ4v) is 2.12. The van der Waals surface area contributed by atoms with Crippen LogP contribution in [0.3, 0.4) is 0 Å². The van der Waals surface area contributed by atoms with Gasteiger partial charge in [-0.3, -0.25) is 4.79 Å². The Labute approximate surface area is 145 Å². The highest BCUT2D eigenvalue weighted by Gasteiger charge is 2.33. The van der Waals surface area contributed by atoms with Gasteiger partial charge in [-0.15, -0.1) is 5.10 Å². The molecule has 2 aromatic carbocycles. The maximum absolute atomic E-state index is 12.9. The summed E-state index contributed by atoms with van der Waals surface area (Å²) in [6, 6.07) is 13.5. The number of carbonyl (C=O) groups excluding carboxylic acids is 1. The topological polar surface area (TPSA) is 77.2 Å². The molecule has 0 aliphatic heterocycles. The Morgan fingerprint density at radius 3 is 2.46 bits per heavy atom. The van der Waals surface area contributed by atoms with Crippen LogP contribution in [-0.2, 0) is 11.0 Å². The summed E-state index contributed by atoms with van der Waals surface area (Å²) in [5.74, 6) is -0.593. The number of anilines is 1. The molecule has 134 valence electrons. The first-order chi connectivity index (χ1) is 12.4. The van der Waals surface area contributed by atoms with Gasteiger partial charge in [0.05, 0.1) is 11.3 Å². The van der Waals surface area contributed by atoms with Crippen LogP contribution in [0.2, 0.25) is 0 Å². The van der Waals surface area contributed by atoms with Crippen molar-refractivity contribution in [2.24, 2.45) is 0 Å². The van der Waals surface area contributed by atoms with Gasteiger partial charge in [0.2, 0.25) is 0 Å². The molecule has 1 N–H and O–H groups in total. The highest BCUT2D eigenvalue weighted by atomic mass is 19.4. The van der Waals surface area contributed by atoms with Crippen molar-refractivity contribution in [3.63, 3.8) is 0 Å². The van der Waals surface area contributed by atoms with Crippen molar-refractivity contribution in [3.05, 3.63) is 60.2 Å². The fourth-order valence-electron chi connectivity index (χ4n) is 2.12. The van der Waals surface area contributed by atoms with Crippen molar-refractivity contribution in [1.29, 1.82) is 0 Å². The lowest BCUT2D eigenvalue weighted by atomic mass is 10.1. The minimum Gasteiger partial charge on any atom is -0.439 e. The highest BCUT2D eigenvalue weighted by Crippen LogP contribution is 2.34. The van der Waals surface area contributed by atoms with Crippen LogP contribution in [-0.4, -0.2) is 22.7 Å². The molecule has 0 saturated heterocycles. The summed E-state index contributed by atoms with van der Waals surface area (Å²) in [7, 11) is 0. The highest BCUT2D eigenvalue weighted by molar-refractivity contribution is 5.92. The number of aromatic nitrogens is 2. The number of alkyl halides is 3. The lowest BCUT2D eigenvalue weighted by molar-refractivity contribution is -0.137. The van der Waals surface area contributed by atoms with Crippen molar-refractivity contribution in [2.45, 2.75) is 6.18 Å². The molecule has 3 rings (SSSR count). The smallest absolute Gasteiger partial charge is 0.418 e. The van der Waals surface area contributed by atoms with Crippen molar-refractivity contribution in [1.82, 2.24) is 10.2 Å². The lowest BCUT2D eigenvalue weighted by Gasteiger charge is -2.13. The van der Waals surface area contributed by atoms with Crippen LogP contribution in [0.25, 0.3) is 11.5 Å². The number of hydrogen-bond acceptors (Lipinski definition) is 5. The lowest BCUT2D eigenvalue weighted by Crippen LogP contribution is -2.22. The van der Waals surface area contributed by atoms with E-state index in [1.807, 2.05) is 6.07 Å². The van der Waals surface area contributed by atoms with Crippen LogP contribution in [0.1, 0.15) is 5.56 Å². The van der Waals surface area contributed by atoms with Crippen molar-refractivity contribution in [2.75, 3.05) is 11.9 Å². The van der Waals surface area contributed by atoms with Gasteiger partial charge >= 0.3 is 12.3 Å². The second-order valence-electron chi connectivity index (χ2n) is 5.12. The molecule has 6 nitrogen and oxygen atoms in total. The molecule has 0 unspecified atom stereocenters. The summed E-state index contributed by atoms with van der Waals surface area (Å²) in [4.78, 5) is 11.8. The van der Waals surface area contributed by atoms with Gasteiger partial charge in [0.25, 0.3) is 11.8 Å². The predicted octanol–water partition coefficient (Wildman–Crippen LogP) is 3.77. The molecular formula is C17H12F3N3O3. The van der Waals surface area contributed by atoms with Gasteiger partial charge in [-0.2, -0.15) is 13.2 Å². The maximum atomic E-state index is 12.9. The molecule has 0 aliphatic rings. The van der Waals surface area contributed by atoms with E-state index in [-0.39, 0.29) is 17.7 Å². The summed E-state index contributed by atoms with van der Waals surface area (Å²) < 4.78 is 49.0. The minimum atomic E-state index is -4.58. The van der Waals surface area contributed by atoms with Gasteiger partial charge in [-0.05, 0) is 24.3 Å². The molecule has 0 aliphatic carbocycles. The predicted molar refractivity (Wildman–Crippen MR) is 85.3 cm³/mol. The average molecular weight is 363 g/mol. The van der Waals surface area contributed by atoms with Crippen LogP contribution in [0, 0.1) is 0 Å². The summed E-state index contributed by atoms with van der Waals surface area (Å²) in [6.07, 6.45) is -4.84. The number of para-hydroxylation sites is 1. The Kier molecular flexibility index (Phi) is 4.87. The molecule has 0 spiro atoms. The van der Waals surface area contributed by atoms with E-state index in [0.29, 0.717) is 5.56 Å². The van der Waals surface area contributed by atoms with E-state index in [2.05, 4.69) is 15.5 Å². The second kappa shape index (κ2) is 7.26. The van der Waals surface area contributed by atoms with Gasteiger partial charge in [-0.25, -0.2) is 0 Å². The number of hydrogen-bond donors (Lipinski definition) is 1. The van der Waals surface area contributed by atoms with E-state index in [0.717, 1.165) is 12.1 Å². The number of halogens is 3. The zero-order valence-electron chi connectivity index (χ0n) is 13.2. The second-order valence-corrected chi connectivity index (χ2v) is 5.12. The Hall–Kier alpha value is -3.36.